The maximum absolute atomic E-state index is 13.6. The number of aromatic hydroxyl groups is 1. The third-order valence-corrected chi connectivity index (χ3v) is 3.16. The topological polar surface area (TPSA) is 66.8 Å². The van der Waals surface area contributed by atoms with E-state index in [1.54, 1.807) is 0 Å². The van der Waals surface area contributed by atoms with Gasteiger partial charge in [-0.25, -0.2) is 9.18 Å². The Labute approximate surface area is 106 Å². The lowest BCUT2D eigenvalue weighted by Gasteiger charge is -2.25. The van der Waals surface area contributed by atoms with Crippen molar-refractivity contribution in [2.45, 2.75) is 19.3 Å². The minimum absolute atomic E-state index is 0.000855. The van der Waals surface area contributed by atoms with E-state index in [9.17, 15) is 23.1 Å². The molecule has 0 unspecified atom stereocenters. The highest BCUT2D eigenvalue weighted by molar-refractivity contribution is 5.91. The Balaban J connectivity index is 2.35. The Morgan fingerprint density at radius 2 is 1.84 bits per heavy atom. The fourth-order valence-electron chi connectivity index (χ4n) is 1.81. The summed E-state index contributed by atoms with van der Waals surface area (Å²) in [5.41, 5.74) is -1.44. The maximum atomic E-state index is 13.6. The molecule has 7 heteroatoms. The van der Waals surface area contributed by atoms with Crippen molar-refractivity contribution in [2.75, 3.05) is 6.61 Å². The zero-order chi connectivity index (χ0) is 14.2. The number of phenols is 1. The van der Waals surface area contributed by atoms with E-state index in [4.69, 9.17) is 9.84 Å². The number of hydrogen-bond acceptors (Lipinski definition) is 3. The fraction of sp³-hybridized carbons (Fsp3) is 0.417. The first-order chi connectivity index (χ1) is 8.93. The number of carboxylic acids is 1. The minimum atomic E-state index is -1.96. The molecule has 0 radical (unpaired) electrons. The molecule has 104 valence electrons. The molecule has 1 saturated carbocycles. The molecule has 0 aliphatic heterocycles. The Morgan fingerprint density at radius 1 is 1.21 bits per heavy atom. The van der Waals surface area contributed by atoms with Crippen molar-refractivity contribution < 1.29 is 32.9 Å². The van der Waals surface area contributed by atoms with E-state index in [2.05, 4.69) is 0 Å². The lowest BCUT2D eigenvalue weighted by molar-refractivity contribution is 0.0685. The van der Waals surface area contributed by atoms with Crippen LogP contribution in [0, 0.1) is 23.4 Å². The molecule has 0 heterocycles. The summed E-state index contributed by atoms with van der Waals surface area (Å²) in [6.45, 7) is -0.000855. The molecule has 0 aromatic heterocycles. The zero-order valence-electron chi connectivity index (χ0n) is 9.75. The van der Waals surface area contributed by atoms with Gasteiger partial charge in [0.2, 0.25) is 11.6 Å². The summed E-state index contributed by atoms with van der Waals surface area (Å²) >= 11 is 0. The highest BCUT2D eigenvalue weighted by Gasteiger charge is 2.30. The third-order valence-electron chi connectivity index (χ3n) is 3.16. The molecule has 4 nitrogen and oxygen atoms in total. The molecule has 0 bridgehead atoms. The van der Waals surface area contributed by atoms with Crippen molar-refractivity contribution >= 4 is 5.97 Å². The van der Waals surface area contributed by atoms with E-state index in [0.717, 1.165) is 19.3 Å². The number of carbonyl (C=O) groups is 1. The van der Waals surface area contributed by atoms with Gasteiger partial charge in [0.15, 0.2) is 17.3 Å². The summed E-state index contributed by atoms with van der Waals surface area (Å²) in [6, 6.07) is 0. The summed E-state index contributed by atoms with van der Waals surface area (Å²) in [5, 5.41) is 17.8. The van der Waals surface area contributed by atoms with Crippen LogP contribution < -0.4 is 4.74 Å². The van der Waals surface area contributed by atoms with Crippen molar-refractivity contribution in [1.82, 2.24) is 0 Å². The van der Waals surface area contributed by atoms with Crippen molar-refractivity contribution in [3.05, 3.63) is 23.0 Å². The molecule has 2 rings (SSSR count). The van der Waals surface area contributed by atoms with Gasteiger partial charge in [-0.3, -0.25) is 0 Å². The van der Waals surface area contributed by atoms with Crippen LogP contribution >= 0.6 is 0 Å². The molecule has 0 saturated heterocycles. The van der Waals surface area contributed by atoms with Crippen LogP contribution in [0.2, 0.25) is 0 Å². The standard InChI is InChI=1S/C12H11F3O4/c13-7-6(12(17)18)10(16)9(15)11(8(7)14)19-4-5-2-1-3-5/h5,16H,1-4H2,(H,17,18). The highest BCUT2D eigenvalue weighted by Crippen LogP contribution is 2.36. The summed E-state index contributed by atoms with van der Waals surface area (Å²) < 4.78 is 45.3. The molecule has 0 spiro atoms. The van der Waals surface area contributed by atoms with Gasteiger partial charge >= 0.3 is 5.97 Å². The van der Waals surface area contributed by atoms with Crippen LogP contribution in [-0.2, 0) is 0 Å². The Kier molecular flexibility index (Phi) is 3.55. The first-order valence-corrected chi connectivity index (χ1v) is 5.69. The van der Waals surface area contributed by atoms with Crippen molar-refractivity contribution in [1.29, 1.82) is 0 Å². The molecule has 2 N–H and O–H groups in total. The Morgan fingerprint density at radius 3 is 2.32 bits per heavy atom. The van der Waals surface area contributed by atoms with Crippen molar-refractivity contribution in [2.24, 2.45) is 5.92 Å². The van der Waals surface area contributed by atoms with Gasteiger partial charge < -0.3 is 14.9 Å². The minimum Gasteiger partial charge on any atom is -0.504 e. The van der Waals surface area contributed by atoms with Crippen LogP contribution in [0.4, 0.5) is 13.2 Å². The molecular weight excluding hydrogens is 265 g/mol. The predicted molar refractivity (Wildman–Crippen MR) is 57.8 cm³/mol. The number of halogens is 3. The van der Waals surface area contributed by atoms with Crippen LogP contribution in [0.15, 0.2) is 0 Å². The van der Waals surface area contributed by atoms with E-state index in [-0.39, 0.29) is 12.5 Å². The first-order valence-electron chi connectivity index (χ1n) is 5.69. The summed E-state index contributed by atoms with van der Waals surface area (Å²) in [5.74, 6) is -9.54. The summed E-state index contributed by atoms with van der Waals surface area (Å²) in [6.07, 6.45) is 2.70. The Hall–Kier alpha value is -1.92. The zero-order valence-corrected chi connectivity index (χ0v) is 9.75. The van der Waals surface area contributed by atoms with Crippen molar-refractivity contribution in [3.63, 3.8) is 0 Å². The molecule has 1 aromatic rings. The normalized spacial score (nSPS) is 15.1. The lowest BCUT2D eigenvalue weighted by Crippen LogP contribution is -2.20. The van der Waals surface area contributed by atoms with Gasteiger partial charge in [-0.15, -0.1) is 0 Å². The van der Waals surface area contributed by atoms with Crippen LogP contribution in [0.1, 0.15) is 29.6 Å². The van der Waals surface area contributed by atoms with Crippen LogP contribution in [0.3, 0.4) is 0 Å². The highest BCUT2D eigenvalue weighted by atomic mass is 19.2. The SMILES string of the molecule is O=C(O)c1c(O)c(F)c(OCC2CCC2)c(F)c1F. The number of aromatic carboxylic acids is 1. The average Bonchev–Trinajstić information content (AvgIpc) is 2.28. The van der Waals surface area contributed by atoms with Gasteiger partial charge in [-0.2, -0.15) is 8.78 Å². The van der Waals surface area contributed by atoms with Gasteiger partial charge in [-0.1, -0.05) is 6.42 Å². The number of benzene rings is 1. The van der Waals surface area contributed by atoms with Crippen LogP contribution in [0.25, 0.3) is 0 Å². The van der Waals surface area contributed by atoms with E-state index in [1.807, 2.05) is 0 Å². The van der Waals surface area contributed by atoms with Crippen LogP contribution in [0.5, 0.6) is 11.5 Å². The molecule has 19 heavy (non-hydrogen) atoms. The van der Waals surface area contributed by atoms with Gasteiger partial charge in [0.25, 0.3) is 0 Å². The summed E-state index contributed by atoms with van der Waals surface area (Å²) in [7, 11) is 0. The second-order valence-electron chi connectivity index (χ2n) is 4.41. The number of hydrogen-bond donors (Lipinski definition) is 2. The lowest BCUT2D eigenvalue weighted by atomic mass is 9.86. The predicted octanol–water partition coefficient (Wildman–Crippen LogP) is 2.69. The largest absolute Gasteiger partial charge is 0.504 e. The molecule has 1 fully saturated rings. The summed E-state index contributed by atoms with van der Waals surface area (Å²) in [4.78, 5) is 10.6. The quantitative estimate of drug-likeness (QED) is 0.830. The van der Waals surface area contributed by atoms with Gasteiger partial charge in [-0.05, 0) is 18.8 Å². The molecule has 1 aliphatic rings. The van der Waals surface area contributed by atoms with Crippen LogP contribution in [-0.4, -0.2) is 22.8 Å². The second kappa shape index (κ2) is 4.99. The van der Waals surface area contributed by atoms with Gasteiger partial charge in [0.05, 0.1) is 6.61 Å². The average molecular weight is 276 g/mol. The van der Waals surface area contributed by atoms with E-state index in [1.165, 1.54) is 0 Å². The number of ether oxygens (including phenoxy) is 1. The molecule has 0 atom stereocenters. The number of carboxylic acid groups (broad SMARTS) is 1. The van der Waals surface area contributed by atoms with E-state index < -0.39 is 40.5 Å². The van der Waals surface area contributed by atoms with E-state index >= 15 is 0 Å². The molecule has 1 aliphatic carbocycles. The second-order valence-corrected chi connectivity index (χ2v) is 4.41. The Bertz CT molecular complexity index is 497. The van der Waals surface area contributed by atoms with Crippen molar-refractivity contribution in [3.8, 4) is 11.5 Å². The fourth-order valence-corrected chi connectivity index (χ4v) is 1.81. The molecule has 0 amide bonds. The molecular formula is C12H11F3O4. The molecule has 1 aromatic carbocycles. The van der Waals surface area contributed by atoms with Gasteiger partial charge in [0, 0.05) is 0 Å². The maximum Gasteiger partial charge on any atom is 0.342 e. The monoisotopic (exact) mass is 276 g/mol. The third kappa shape index (κ3) is 2.32. The van der Waals surface area contributed by atoms with Gasteiger partial charge in [0.1, 0.15) is 5.56 Å². The van der Waals surface area contributed by atoms with E-state index in [0.29, 0.717) is 0 Å². The first kappa shape index (κ1) is 13.5. The number of rotatable bonds is 4. The smallest absolute Gasteiger partial charge is 0.342 e.